The summed E-state index contributed by atoms with van der Waals surface area (Å²) < 4.78 is 11.6. The minimum Gasteiger partial charge on any atom is -0.393 e. The number of nitrogens with zero attached hydrogens (tertiary/aromatic N) is 1. The second-order valence-electron chi connectivity index (χ2n) is 4.27. The molecule has 16 heavy (non-hydrogen) atoms. The van der Waals surface area contributed by atoms with Gasteiger partial charge in [-0.2, -0.15) is 0 Å². The van der Waals surface area contributed by atoms with Gasteiger partial charge < -0.3 is 8.85 Å². The summed E-state index contributed by atoms with van der Waals surface area (Å²) in [5.74, 6) is 0. The van der Waals surface area contributed by atoms with Crippen LogP contribution in [-0.2, 0) is 8.85 Å². The van der Waals surface area contributed by atoms with Crippen LogP contribution in [0.15, 0.2) is 24.4 Å². The van der Waals surface area contributed by atoms with Crippen LogP contribution in [-0.4, -0.2) is 27.8 Å². The summed E-state index contributed by atoms with van der Waals surface area (Å²) in [6.07, 6.45) is 6.83. The molecule has 2 rings (SSSR count). The zero-order valence-electron chi connectivity index (χ0n) is 9.98. The lowest BCUT2D eigenvalue weighted by Crippen LogP contribution is -2.57. The van der Waals surface area contributed by atoms with Gasteiger partial charge in [-0.25, -0.2) is 0 Å². The average Bonchev–Trinajstić information content (AvgIpc) is 2.87. The summed E-state index contributed by atoms with van der Waals surface area (Å²) in [4.78, 5) is 4.45. The van der Waals surface area contributed by atoms with Gasteiger partial charge in [0, 0.05) is 26.0 Å². The zero-order chi connectivity index (χ0) is 11.4. The quantitative estimate of drug-likeness (QED) is 0.750. The molecule has 1 aliphatic carbocycles. The van der Waals surface area contributed by atoms with Crippen LogP contribution in [0.5, 0.6) is 0 Å². The topological polar surface area (TPSA) is 31.4 Å². The lowest BCUT2D eigenvalue weighted by atomic mass is 10.4. The summed E-state index contributed by atoms with van der Waals surface area (Å²) in [5.41, 5.74) is 0.553. The Morgan fingerprint density at radius 2 is 1.88 bits per heavy atom. The molecule has 0 N–H and O–H groups in total. The number of rotatable bonds is 4. The molecule has 4 heteroatoms. The number of pyridine rings is 1. The van der Waals surface area contributed by atoms with Gasteiger partial charge in [-0.3, -0.25) is 4.98 Å². The van der Waals surface area contributed by atoms with E-state index >= 15 is 0 Å². The third kappa shape index (κ3) is 1.92. The van der Waals surface area contributed by atoms with E-state index in [-0.39, 0.29) is 0 Å². The van der Waals surface area contributed by atoms with E-state index < -0.39 is 8.56 Å². The second-order valence-corrected chi connectivity index (χ2v) is 7.75. The molecule has 88 valence electrons. The van der Waals surface area contributed by atoms with Gasteiger partial charge in [-0.1, -0.05) is 18.9 Å². The second kappa shape index (κ2) is 5.08. The number of hydrogen-bond donors (Lipinski definition) is 0. The first-order chi connectivity index (χ1) is 7.83. The predicted octanol–water partition coefficient (Wildman–Crippen LogP) is 1.97. The van der Waals surface area contributed by atoms with Crippen molar-refractivity contribution in [2.24, 2.45) is 0 Å². The minimum absolute atomic E-state index is 0.553. The Morgan fingerprint density at radius 1 is 1.19 bits per heavy atom. The van der Waals surface area contributed by atoms with Crippen molar-refractivity contribution in [3.05, 3.63) is 24.4 Å². The molecule has 0 bridgehead atoms. The van der Waals surface area contributed by atoms with Crippen molar-refractivity contribution in [1.29, 1.82) is 0 Å². The molecule has 1 heterocycles. The van der Waals surface area contributed by atoms with Crippen molar-refractivity contribution in [1.82, 2.24) is 4.98 Å². The highest BCUT2D eigenvalue weighted by Crippen LogP contribution is 2.38. The normalized spacial score (nSPS) is 17.9. The molecule has 0 spiro atoms. The standard InChI is InChI=1S/C12H19NO2Si/c1-14-16(15-2,11-7-3-4-8-11)12-9-5-6-10-13-12/h5-6,9-11H,3-4,7-8H2,1-2H3. The van der Waals surface area contributed by atoms with Crippen molar-refractivity contribution in [2.75, 3.05) is 14.2 Å². The van der Waals surface area contributed by atoms with Crippen molar-refractivity contribution in [3.63, 3.8) is 0 Å². The SMILES string of the molecule is CO[Si](OC)(c1ccccn1)C1CCCC1. The van der Waals surface area contributed by atoms with Gasteiger partial charge >= 0.3 is 8.56 Å². The van der Waals surface area contributed by atoms with E-state index in [4.69, 9.17) is 8.85 Å². The monoisotopic (exact) mass is 237 g/mol. The van der Waals surface area contributed by atoms with Crippen molar-refractivity contribution < 1.29 is 8.85 Å². The van der Waals surface area contributed by atoms with Crippen LogP contribution in [0.2, 0.25) is 5.54 Å². The van der Waals surface area contributed by atoms with Crippen LogP contribution >= 0.6 is 0 Å². The molecule has 0 unspecified atom stereocenters. The molecule has 0 aliphatic heterocycles. The maximum atomic E-state index is 5.81. The molecule has 0 amide bonds. The third-order valence-corrected chi connectivity index (χ3v) is 7.40. The first kappa shape index (κ1) is 11.8. The highest BCUT2D eigenvalue weighted by molar-refractivity contribution is 6.81. The average molecular weight is 237 g/mol. The molecule has 1 aliphatic rings. The van der Waals surface area contributed by atoms with E-state index in [1.54, 1.807) is 14.2 Å². The molecule has 0 radical (unpaired) electrons. The molecule has 0 aromatic carbocycles. The van der Waals surface area contributed by atoms with Gasteiger partial charge in [-0.15, -0.1) is 0 Å². The lowest BCUT2D eigenvalue weighted by molar-refractivity contribution is 0.243. The van der Waals surface area contributed by atoms with Crippen LogP contribution in [0.25, 0.3) is 0 Å². The number of aromatic nitrogens is 1. The fourth-order valence-corrected chi connectivity index (χ4v) is 6.13. The Labute approximate surface area is 98.1 Å². The van der Waals surface area contributed by atoms with E-state index in [0.717, 1.165) is 5.32 Å². The summed E-state index contributed by atoms with van der Waals surface area (Å²) in [6, 6.07) is 5.98. The van der Waals surface area contributed by atoms with Gasteiger partial charge in [0.2, 0.25) is 0 Å². The molecule has 3 nitrogen and oxygen atoms in total. The predicted molar refractivity (Wildman–Crippen MR) is 65.9 cm³/mol. The first-order valence-corrected chi connectivity index (χ1v) is 7.74. The van der Waals surface area contributed by atoms with Crippen LogP contribution in [0.3, 0.4) is 0 Å². The van der Waals surface area contributed by atoms with E-state index in [2.05, 4.69) is 4.98 Å². The first-order valence-electron chi connectivity index (χ1n) is 5.85. The molecule has 1 saturated carbocycles. The number of hydrogen-bond acceptors (Lipinski definition) is 3. The van der Waals surface area contributed by atoms with E-state index in [9.17, 15) is 0 Å². The Bertz CT molecular complexity index is 321. The van der Waals surface area contributed by atoms with Gasteiger partial charge in [0.1, 0.15) is 0 Å². The van der Waals surface area contributed by atoms with E-state index in [1.807, 2.05) is 24.4 Å². The Hall–Kier alpha value is -0.713. The highest BCUT2D eigenvalue weighted by atomic mass is 28.4. The summed E-state index contributed by atoms with van der Waals surface area (Å²) in [6.45, 7) is 0. The summed E-state index contributed by atoms with van der Waals surface area (Å²) in [5, 5.41) is 1.02. The van der Waals surface area contributed by atoms with Crippen LogP contribution < -0.4 is 5.32 Å². The maximum Gasteiger partial charge on any atom is 0.394 e. The molecule has 0 atom stereocenters. The van der Waals surface area contributed by atoms with Crippen molar-refractivity contribution in [3.8, 4) is 0 Å². The minimum atomic E-state index is -2.30. The Balaban J connectivity index is 2.34. The van der Waals surface area contributed by atoms with Crippen molar-refractivity contribution in [2.45, 2.75) is 31.2 Å². The molecule has 1 aromatic heterocycles. The zero-order valence-corrected chi connectivity index (χ0v) is 11.0. The Morgan fingerprint density at radius 3 is 2.38 bits per heavy atom. The van der Waals surface area contributed by atoms with Gasteiger partial charge in [0.25, 0.3) is 0 Å². The smallest absolute Gasteiger partial charge is 0.393 e. The fraction of sp³-hybridized carbons (Fsp3) is 0.583. The lowest BCUT2D eigenvalue weighted by Gasteiger charge is -2.32. The van der Waals surface area contributed by atoms with Crippen molar-refractivity contribution >= 4 is 13.9 Å². The molecule has 1 fully saturated rings. The maximum absolute atomic E-state index is 5.81. The molecular weight excluding hydrogens is 218 g/mol. The highest BCUT2D eigenvalue weighted by Gasteiger charge is 2.48. The van der Waals surface area contributed by atoms with E-state index in [0.29, 0.717) is 5.54 Å². The summed E-state index contributed by atoms with van der Waals surface area (Å²) >= 11 is 0. The molecule has 0 saturated heterocycles. The van der Waals surface area contributed by atoms with Gasteiger partial charge in [0.05, 0.1) is 5.32 Å². The van der Waals surface area contributed by atoms with Crippen LogP contribution in [0.4, 0.5) is 0 Å². The molecule has 1 aromatic rings. The van der Waals surface area contributed by atoms with Gasteiger partial charge in [0.15, 0.2) is 0 Å². The Kier molecular flexibility index (Phi) is 3.73. The van der Waals surface area contributed by atoms with Crippen LogP contribution in [0.1, 0.15) is 25.7 Å². The summed E-state index contributed by atoms with van der Waals surface area (Å²) in [7, 11) is 1.24. The third-order valence-electron chi connectivity index (χ3n) is 3.52. The van der Waals surface area contributed by atoms with E-state index in [1.165, 1.54) is 25.7 Å². The largest absolute Gasteiger partial charge is 0.394 e. The van der Waals surface area contributed by atoms with Gasteiger partial charge in [-0.05, 0) is 25.0 Å². The fourth-order valence-electron chi connectivity index (χ4n) is 2.71. The van der Waals surface area contributed by atoms with Crippen LogP contribution in [0, 0.1) is 0 Å². The molecular formula is C12H19NO2Si.